The maximum absolute atomic E-state index is 8.55. The van der Waals surface area contributed by atoms with Gasteiger partial charge in [0.25, 0.3) is 0 Å². The second-order valence-corrected chi connectivity index (χ2v) is 4.02. The van der Waals surface area contributed by atoms with E-state index >= 15 is 0 Å². The molecule has 96 valence electrons. The summed E-state index contributed by atoms with van der Waals surface area (Å²) >= 11 is 0. The summed E-state index contributed by atoms with van der Waals surface area (Å²) in [4.78, 5) is 76.9. The van der Waals surface area contributed by atoms with Crippen molar-refractivity contribution < 1.29 is 113 Å². The Morgan fingerprint density at radius 2 is 0.500 bits per heavy atom. The summed E-state index contributed by atoms with van der Waals surface area (Å²) in [5.74, 6) is 0. The monoisotopic (exact) mass is 426 g/mol. The van der Waals surface area contributed by atoms with Gasteiger partial charge >= 0.3 is 66.7 Å². The molecule has 0 spiro atoms. The van der Waals surface area contributed by atoms with Crippen molar-refractivity contribution in [2.45, 2.75) is 0 Å². The number of hydrogen-bond acceptors (Lipinski definition) is 12. The molecule has 0 aromatic carbocycles. The summed E-state index contributed by atoms with van der Waals surface area (Å²) in [7, 11) is -16.2. The van der Waals surface area contributed by atoms with E-state index in [0.717, 1.165) is 0 Å². The SMILES string of the molecule is O=P([O-])([O-])[O-].O=P([O-])([O-])[O-].O=P([O-])([O-])[O-].[Na+].[Si+4].[Zr+4]. The third-order valence-corrected chi connectivity index (χ3v) is 0. The Morgan fingerprint density at radius 3 is 0.500 bits per heavy atom. The second-order valence-electron chi connectivity index (χ2n) is 1.34. The minimum absolute atomic E-state index is 0. The molecule has 18 heteroatoms. The third-order valence-electron chi connectivity index (χ3n) is 0. The van der Waals surface area contributed by atoms with Gasteiger partial charge in [0.15, 0.2) is 0 Å². The maximum atomic E-state index is 8.55. The van der Waals surface area contributed by atoms with Gasteiger partial charge in [-0.3, -0.25) is 0 Å². The smallest absolute Gasteiger partial charge is 0.822 e. The van der Waals surface area contributed by atoms with Crippen molar-refractivity contribution in [3.05, 3.63) is 0 Å². The summed E-state index contributed by atoms with van der Waals surface area (Å²) in [6.45, 7) is 0. The Labute approximate surface area is 147 Å². The first kappa shape index (κ1) is 37.0. The molecule has 0 saturated heterocycles. The van der Waals surface area contributed by atoms with Crippen LogP contribution in [0.25, 0.3) is 0 Å². The molecule has 0 atom stereocenters. The molecule has 0 fully saturated rings. The van der Waals surface area contributed by atoms with Gasteiger partial charge < -0.3 is 57.7 Å². The Bertz CT molecular complexity index is 213. The van der Waals surface area contributed by atoms with E-state index in [4.69, 9.17) is 57.7 Å². The van der Waals surface area contributed by atoms with Crippen LogP contribution in [0.5, 0.6) is 0 Å². The summed E-state index contributed by atoms with van der Waals surface area (Å²) < 4.78 is 25.6. The van der Waals surface area contributed by atoms with Crippen LogP contribution in [0.15, 0.2) is 0 Å². The van der Waals surface area contributed by atoms with Crippen molar-refractivity contribution in [1.82, 2.24) is 0 Å². The first-order valence-electron chi connectivity index (χ1n) is 2.19. The molecule has 12 nitrogen and oxygen atoms in total. The second kappa shape index (κ2) is 15.8. The Balaban J connectivity index is -0.0000000277. The van der Waals surface area contributed by atoms with E-state index in [1.54, 1.807) is 0 Å². The van der Waals surface area contributed by atoms with Crippen LogP contribution in [0.1, 0.15) is 0 Å². The van der Waals surface area contributed by atoms with Crippen LogP contribution in [-0.4, -0.2) is 11.0 Å². The number of rotatable bonds is 0. The summed E-state index contributed by atoms with van der Waals surface area (Å²) in [6.07, 6.45) is 0. The van der Waals surface area contributed by atoms with Crippen molar-refractivity contribution in [3.63, 3.8) is 0 Å². The van der Waals surface area contributed by atoms with Gasteiger partial charge in [0.1, 0.15) is 0 Å². The van der Waals surface area contributed by atoms with Crippen molar-refractivity contribution in [2.24, 2.45) is 0 Å². The molecule has 0 rings (SSSR count). The molecule has 0 amide bonds. The summed E-state index contributed by atoms with van der Waals surface area (Å²) in [5.41, 5.74) is 0. The molecule has 0 unspecified atom stereocenters. The van der Waals surface area contributed by atoms with Gasteiger partial charge in [-0.25, -0.2) is 0 Å². The van der Waals surface area contributed by atoms with Gasteiger partial charge in [-0.15, -0.1) is 0 Å². The van der Waals surface area contributed by atoms with Crippen LogP contribution in [0.4, 0.5) is 0 Å². The molecule has 0 aliphatic rings. The fraction of sp³-hybridized carbons (Fsp3) is 0. The standard InChI is InChI=1S/Na.3H3O4P.Si.Zr/c;3*1-5(2,3)4;;/h;3*(H3,1,2,3,4);;/q+1;;;;2*+4/p-9. The van der Waals surface area contributed by atoms with E-state index in [1.807, 2.05) is 0 Å². The quantitative estimate of drug-likeness (QED) is 0.258. The Kier molecular flexibility index (Phi) is 32.5. The van der Waals surface area contributed by atoms with E-state index in [2.05, 4.69) is 0 Å². The molecule has 0 bridgehead atoms. The van der Waals surface area contributed by atoms with Gasteiger partial charge in [0.05, 0.1) is 0 Å². The van der Waals surface area contributed by atoms with E-state index < -0.39 is 23.5 Å². The normalized spacial score (nSPS) is 9.83. The molecular weight excluding hydrogens is 427 g/mol. The molecular formula is NaO12P3SiZr. The van der Waals surface area contributed by atoms with Gasteiger partial charge in [-0.1, -0.05) is 0 Å². The maximum Gasteiger partial charge on any atom is 4.00 e. The average Bonchev–Trinajstić information content (AvgIpc) is 1.41. The Morgan fingerprint density at radius 1 is 0.500 bits per heavy atom. The Hall–Kier alpha value is 2.43. The third kappa shape index (κ3) is 948. The fourth-order valence-corrected chi connectivity index (χ4v) is 0. The molecule has 0 aromatic heterocycles. The molecule has 0 radical (unpaired) electrons. The van der Waals surface area contributed by atoms with Crippen molar-refractivity contribution in [1.29, 1.82) is 0 Å². The van der Waals surface area contributed by atoms with Crippen molar-refractivity contribution in [2.75, 3.05) is 0 Å². The van der Waals surface area contributed by atoms with Gasteiger partial charge in [0, 0.05) is 0 Å². The van der Waals surface area contributed by atoms with Crippen LogP contribution in [0, 0.1) is 0 Å². The van der Waals surface area contributed by atoms with E-state index in [-0.39, 0.29) is 66.7 Å². The number of phosphoric acid groups is 3. The van der Waals surface area contributed by atoms with Gasteiger partial charge in [-0.05, 0) is 0 Å². The zero-order valence-corrected chi connectivity index (χ0v) is 16.4. The molecule has 18 heavy (non-hydrogen) atoms. The zero-order valence-electron chi connectivity index (χ0n) is 8.24. The van der Waals surface area contributed by atoms with E-state index in [1.165, 1.54) is 0 Å². The van der Waals surface area contributed by atoms with Gasteiger partial charge in [-0.2, -0.15) is 23.5 Å². The number of hydrogen-bond donors (Lipinski definition) is 0. The first-order chi connectivity index (χ1) is 6.00. The van der Waals surface area contributed by atoms with Crippen molar-refractivity contribution >= 4 is 34.4 Å². The molecule has 0 aromatic rings. The molecule has 0 aliphatic carbocycles. The molecule has 0 heterocycles. The largest absolute Gasteiger partial charge is 4.00 e. The van der Waals surface area contributed by atoms with Crippen LogP contribution in [0.3, 0.4) is 0 Å². The zero-order chi connectivity index (χ0) is 13.5. The predicted molar refractivity (Wildman–Crippen MR) is 28.6 cm³/mol. The van der Waals surface area contributed by atoms with Crippen LogP contribution in [-0.2, 0) is 39.9 Å². The topological polar surface area (TPSA) is 259 Å². The first-order valence-corrected chi connectivity index (χ1v) is 6.57. The molecule has 0 saturated carbocycles. The molecule has 0 N–H and O–H groups in total. The van der Waals surface area contributed by atoms with Gasteiger partial charge in [0.2, 0.25) is 0 Å². The van der Waals surface area contributed by atoms with Crippen LogP contribution < -0.4 is 73.6 Å². The van der Waals surface area contributed by atoms with Crippen molar-refractivity contribution in [3.8, 4) is 0 Å². The minimum Gasteiger partial charge on any atom is -0.822 e. The van der Waals surface area contributed by atoms with E-state index in [0.29, 0.717) is 0 Å². The van der Waals surface area contributed by atoms with E-state index in [9.17, 15) is 0 Å². The molecule has 0 aliphatic heterocycles. The van der Waals surface area contributed by atoms with Crippen LogP contribution in [0.2, 0.25) is 0 Å². The average molecular weight is 427 g/mol. The fourth-order valence-electron chi connectivity index (χ4n) is 0. The minimum atomic E-state index is -5.39. The predicted octanol–water partition coefficient (Wildman–Crippen LogP) is -11.9. The summed E-state index contributed by atoms with van der Waals surface area (Å²) in [6, 6.07) is 0. The van der Waals surface area contributed by atoms with Crippen LogP contribution >= 0.6 is 23.5 Å². The summed E-state index contributed by atoms with van der Waals surface area (Å²) in [5, 5.41) is 0.